The number of aryl methyl sites for hydroxylation is 1. The normalized spacial score (nSPS) is 14.3. The van der Waals surface area contributed by atoms with Crippen molar-refractivity contribution in [3.8, 4) is 5.75 Å². The van der Waals surface area contributed by atoms with Crippen LogP contribution < -0.4 is 4.74 Å². The topological polar surface area (TPSA) is 39.2 Å². The van der Waals surface area contributed by atoms with Crippen molar-refractivity contribution in [2.75, 3.05) is 0 Å². The highest BCUT2D eigenvalue weighted by Crippen LogP contribution is 2.26. The number of fused-ring (bicyclic) bond motifs is 1. The van der Waals surface area contributed by atoms with Gasteiger partial charge in [0, 0.05) is 23.3 Å². The highest BCUT2D eigenvalue weighted by molar-refractivity contribution is 7.09. The number of aromatic nitrogens is 1. The summed E-state index contributed by atoms with van der Waals surface area (Å²) >= 11 is 1.68. The van der Waals surface area contributed by atoms with Crippen LogP contribution in [-0.2, 0) is 13.0 Å². The Labute approximate surface area is 129 Å². The predicted octanol–water partition coefficient (Wildman–Crippen LogP) is 4.36. The smallest absolute Gasteiger partial charge is 0.163 e. The molecule has 0 amide bonds. The van der Waals surface area contributed by atoms with Gasteiger partial charge in [0.1, 0.15) is 12.4 Å². The summed E-state index contributed by atoms with van der Waals surface area (Å²) in [4.78, 5) is 16.4. The maximum Gasteiger partial charge on any atom is 0.163 e. The van der Waals surface area contributed by atoms with Crippen molar-refractivity contribution in [3.05, 3.63) is 45.4 Å². The molecule has 1 heterocycles. The lowest BCUT2D eigenvalue weighted by Crippen LogP contribution is -2.10. The molecule has 0 fully saturated rings. The SMILES string of the molecule is CC(C)c1nc(COc2ccc3c(c2)CCCC3=O)cs1. The maximum atomic E-state index is 11.8. The Bertz CT molecular complexity index is 661. The Balaban J connectivity index is 1.69. The van der Waals surface area contributed by atoms with Crippen molar-refractivity contribution in [1.29, 1.82) is 0 Å². The van der Waals surface area contributed by atoms with Crippen LogP contribution in [0.4, 0.5) is 0 Å². The third kappa shape index (κ3) is 3.16. The van der Waals surface area contributed by atoms with E-state index >= 15 is 0 Å². The Kier molecular flexibility index (Phi) is 4.06. The van der Waals surface area contributed by atoms with E-state index in [0.29, 0.717) is 18.9 Å². The number of thiazole rings is 1. The van der Waals surface area contributed by atoms with Crippen LogP contribution in [0.3, 0.4) is 0 Å². The minimum absolute atomic E-state index is 0.254. The number of ketones is 1. The van der Waals surface area contributed by atoms with Gasteiger partial charge in [-0.05, 0) is 36.6 Å². The number of rotatable bonds is 4. The molecule has 0 aliphatic heterocycles. The van der Waals surface area contributed by atoms with Crippen LogP contribution in [0.1, 0.15) is 59.2 Å². The molecule has 0 N–H and O–H groups in total. The van der Waals surface area contributed by atoms with Crippen molar-refractivity contribution in [2.45, 2.75) is 45.6 Å². The fraction of sp³-hybridized carbons (Fsp3) is 0.412. The first-order chi connectivity index (χ1) is 10.1. The molecule has 1 aromatic carbocycles. The second-order valence-corrected chi connectivity index (χ2v) is 6.61. The molecule has 3 rings (SSSR count). The first-order valence-electron chi connectivity index (χ1n) is 7.36. The van der Waals surface area contributed by atoms with E-state index in [9.17, 15) is 4.79 Å². The van der Waals surface area contributed by atoms with E-state index < -0.39 is 0 Å². The predicted molar refractivity (Wildman–Crippen MR) is 84.2 cm³/mol. The number of Topliss-reactive ketones (excluding diaryl/α,β-unsaturated/α-hetero) is 1. The van der Waals surface area contributed by atoms with Gasteiger partial charge >= 0.3 is 0 Å². The first-order valence-corrected chi connectivity index (χ1v) is 8.24. The lowest BCUT2D eigenvalue weighted by Gasteiger charge is -2.15. The van der Waals surface area contributed by atoms with Crippen LogP contribution in [0, 0.1) is 0 Å². The molecule has 1 aliphatic carbocycles. The molecule has 21 heavy (non-hydrogen) atoms. The maximum absolute atomic E-state index is 11.8. The first kappa shape index (κ1) is 14.3. The van der Waals surface area contributed by atoms with E-state index in [1.807, 2.05) is 18.2 Å². The average molecular weight is 301 g/mol. The number of hydrogen-bond donors (Lipinski definition) is 0. The van der Waals surface area contributed by atoms with Gasteiger partial charge in [0.2, 0.25) is 0 Å². The molecule has 110 valence electrons. The van der Waals surface area contributed by atoms with E-state index in [0.717, 1.165) is 40.4 Å². The Morgan fingerprint density at radius 3 is 2.95 bits per heavy atom. The van der Waals surface area contributed by atoms with Crippen LogP contribution in [0.5, 0.6) is 5.75 Å². The van der Waals surface area contributed by atoms with E-state index in [2.05, 4.69) is 24.2 Å². The van der Waals surface area contributed by atoms with Gasteiger partial charge in [-0.1, -0.05) is 13.8 Å². The second-order valence-electron chi connectivity index (χ2n) is 5.72. The molecule has 0 atom stereocenters. The molecule has 0 saturated heterocycles. The summed E-state index contributed by atoms with van der Waals surface area (Å²) in [6.45, 7) is 4.77. The lowest BCUT2D eigenvalue weighted by atomic mass is 9.91. The number of nitrogens with zero attached hydrogens (tertiary/aromatic N) is 1. The van der Waals surface area contributed by atoms with Gasteiger partial charge in [0.25, 0.3) is 0 Å². The molecule has 2 aromatic rings. The van der Waals surface area contributed by atoms with Gasteiger partial charge in [0.05, 0.1) is 10.7 Å². The highest BCUT2D eigenvalue weighted by Gasteiger charge is 2.17. The summed E-state index contributed by atoms with van der Waals surface area (Å²) in [5.74, 6) is 1.53. The molecule has 0 spiro atoms. The number of hydrogen-bond acceptors (Lipinski definition) is 4. The van der Waals surface area contributed by atoms with Gasteiger partial charge in [0.15, 0.2) is 5.78 Å². The summed E-state index contributed by atoms with van der Waals surface area (Å²) in [5.41, 5.74) is 2.95. The third-order valence-electron chi connectivity index (χ3n) is 3.68. The fourth-order valence-corrected chi connectivity index (χ4v) is 3.34. The van der Waals surface area contributed by atoms with Crippen molar-refractivity contribution >= 4 is 17.1 Å². The largest absolute Gasteiger partial charge is 0.487 e. The Hall–Kier alpha value is -1.68. The summed E-state index contributed by atoms with van der Waals surface area (Å²) in [6, 6.07) is 5.78. The molecule has 0 radical (unpaired) electrons. The van der Waals surface area contributed by atoms with Crippen LogP contribution in [0.25, 0.3) is 0 Å². The van der Waals surface area contributed by atoms with Crippen molar-refractivity contribution in [2.24, 2.45) is 0 Å². The number of ether oxygens (including phenoxy) is 1. The monoisotopic (exact) mass is 301 g/mol. The standard InChI is InChI=1S/C17H19NO2S/c1-11(2)17-18-13(10-21-17)9-20-14-6-7-15-12(8-14)4-3-5-16(15)19/h6-8,10-11H,3-5,9H2,1-2H3. The molecule has 0 unspecified atom stereocenters. The molecular formula is C17H19NO2S. The molecular weight excluding hydrogens is 282 g/mol. The minimum atomic E-state index is 0.254. The van der Waals surface area contributed by atoms with Gasteiger partial charge in [-0.3, -0.25) is 4.79 Å². The summed E-state index contributed by atoms with van der Waals surface area (Å²) < 4.78 is 5.82. The zero-order valence-corrected chi connectivity index (χ0v) is 13.2. The number of carbonyl (C=O) groups excluding carboxylic acids is 1. The Morgan fingerprint density at radius 2 is 2.19 bits per heavy atom. The molecule has 0 saturated carbocycles. The molecule has 1 aromatic heterocycles. The molecule has 3 nitrogen and oxygen atoms in total. The molecule has 1 aliphatic rings. The lowest BCUT2D eigenvalue weighted by molar-refractivity contribution is 0.0972. The zero-order valence-electron chi connectivity index (χ0n) is 12.4. The van der Waals surface area contributed by atoms with Crippen molar-refractivity contribution in [1.82, 2.24) is 4.98 Å². The van der Waals surface area contributed by atoms with Gasteiger partial charge in [-0.15, -0.1) is 11.3 Å². The Morgan fingerprint density at radius 1 is 1.33 bits per heavy atom. The number of carbonyl (C=O) groups is 1. The quantitative estimate of drug-likeness (QED) is 0.842. The van der Waals surface area contributed by atoms with Crippen LogP contribution >= 0.6 is 11.3 Å². The zero-order chi connectivity index (χ0) is 14.8. The summed E-state index contributed by atoms with van der Waals surface area (Å²) in [7, 11) is 0. The minimum Gasteiger partial charge on any atom is -0.487 e. The highest BCUT2D eigenvalue weighted by atomic mass is 32.1. The molecule has 0 bridgehead atoms. The average Bonchev–Trinajstić information content (AvgIpc) is 2.94. The summed E-state index contributed by atoms with van der Waals surface area (Å²) in [6.07, 6.45) is 2.58. The second kappa shape index (κ2) is 5.98. The van der Waals surface area contributed by atoms with Gasteiger partial charge in [-0.25, -0.2) is 4.98 Å². The van der Waals surface area contributed by atoms with Gasteiger partial charge < -0.3 is 4.74 Å². The number of benzene rings is 1. The van der Waals surface area contributed by atoms with E-state index in [1.54, 1.807) is 11.3 Å². The van der Waals surface area contributed by atoms with Crippen LogP contribution in [0.2, 0.25) is 0 Å². The van der Waals surface area contributed by atoms with Crippen molar-refractivity contribution < 1.29 is 9.53 Å². The fourth-order valence-electron chi connectivity index (χ4n) is 2.52. The summed E-state index contributed by atoms with van der Waals surface area (Å²) in [5, 5.41) is 3.20. The van der Waals surface area contributed by atoms with Gasteiger partial charge in [-0.2, -0.15) is 0 Å². The third-order valence-corrected chi connectivity index (χ3v) is 4.87. The van der Waals surface area contributed by atoms with Crippen LogP contribution in [-0.4, -0.2) is 10.8 Å². The molecule has 4 heteroatoms. The van der Waals surface area contributed by atoms with E-state index in [-0.39, 0.29) is 5.78 Å². The van der Waals surface area contributed by atoms with E-state index in [4.69, 9.17) is 4.74 Å². The van der Waals surface area contributed by atoms with Crippen LogP contribution in [0.15, 0.2) is 23.6 Å². The van der Waals surface area contributed by atoms with Crippen molar-refractivity contribution in [3.63, 3.8) is 0 Å². The van der Waals surface area contributed by atoms with E-state index in [1.165, 1.54) is 0 Å².